The van der Waals surface area contributed by atoms with Crippen molar-refractivity contribution in [3.05, 3.63) is 41.3 Å². The molecule has 4 aromatic rings. The first-order chi connectivity index (χ1) is 17.4. The highest BCUT2D eigenvalue weighted by Gasteiger charge is 2.35. The van der Waals surface area contributed by atoms with Crippen molar-refractivity contribution in [1.29, 1.82) is 0 Å². The number of fused-ring (bicyclic) bond motifs is 2. The molecule has 36 heavy (non-hydrogen) atoms. The van der Waals surface area contributed by atoms with Gasteiger partial charge in [0.25, 0.3) is 0 Å². The summed E-state index contributed by atoms with van der Waals surface area (Å²) in [7, 11) is 1.42. The van der Waals surface area contributed by atoms with Crippen molar-refractivity contribution in [3.63, 3.8) is 0 Å². The number of H-pyrrole nitrogens is 1. The summed E-state index contributed by atoms with van der Waals surface area (Å²) in [6, 6.07) is 6.11. The second-order valence-corrected chi connectivity index (χ2v) is 9.99. The third kappa shape index (κ3) is 3.98. The molecular weight excluding hydrogens is 458 g/mol. The molecule has 1 aliphatic heterocycles. The highest BCUT2D eigenvalue weighted by molar-refractivity contribution is 5.75. The van der Waals surface area contributed by atoms with Crippen LogP contribution in [-0.2, 0) is 11.3 Å². The number of carbonyl (C=O) groups excluding carboxylic acids is 1. The van der Waals surface area contributed by atoms with Crippen molar-refractivity contribution in [1.82, 2.24) is 34.4 Å². The molecule has 0 radical (unpaired) electrons. The summed E-state index contributed by atoms with van der Waals surface area (Å²) in [5.41, 5.74) is 5.14. The second-order valence-electron chi connectivity index (χ2n) is 9.99. The van der Waals surface area contributed by atoms with Crippen LogP contribution in [-0.4, -0.2) is 72.8 Å². The fraction of sp³-hybridized carbons (Fsp3) is 0.480. The van der Waals surface area contributed by atoms with Gasteiger partial charge >= 0.3 is 6.09 Å². The Hall–Kier alpha value is -3.89. The first-order valence-electron chi connectivity index (χ1n) is 12.5. The number of aromatic nitrogens is 6. The minimum Gasteiger partial charge on any atom is -0.453 e. The molecular formula is C25H31N9O2. The van der Waals surface area contributed by atoms with Crippen LogP contribution in [0.25, 0.3) is 16.7 Å². The predicted octanol–water partition coefficient (Wildman–Crippen LogP) is 3.46. The maximum atomic E-state index is 12.3. The first-order valence-corrected chi connectivity index (χ1v) is 12.5. The van der Waals surface area contributed by atoms with Gasteiger partial charge in [0.05, 0.1) is 43.0 Å². The third-order valence-corrected chi connectivity index (χ3v) is 7.09. The molecule has 1 aliphatic carbocycles. The number of ether oxygens (including phenoxy) is 1. The molecule has 2 atom stereocenters. The molecule has 1 saturated carbocycles. The Labute approximate surface area is 208 Å². The van der Waals surface area contributed by atoms with Crippen LogP contribution in [0.4, 0.5) is 16.7 Å². The van der Waals surface area contributed by atoms with E-state index in [1.54, 1.807) is 9.42 Å². The van der Waals surface area contributed by atoms with E-state index in [-0.39, 0.29) is 18.2 Å². The van der Waals surface area contributed by atoms with Crippen LogP contribution in [0.2, 0.25) is 0 Å². The number of anilines is 2. The summed E-state index contributed by atoms with van der Waals surface area (Å²) in [6.45, 7) is 7.82. The van der Waals surface area contributed by atoms with Crippen LogP contribution in [0.3, 0.4) is 0 Å². The van der Waals surface area contributed by atoms with Crippen LogP contribution in [0.1, 0.15) is 49.6 Å². The number of methoxy groups -OCH3 is 1. The molecule has 11 nitrogen and oxygen atoms in total. The molecule has 1 amide bonds. The number of hydrogen-bond donors (Lipinski definition) is 2. The summed E-state index contributed by atoms with van der Waals surface area (Å²) in [5, 5.41) is 8.05. The number of piperazine rings is 1. The fourth-order valence-electron chi connectivity index (χ4n) is 5.20. The van der Waals surface area contributed by atoms with E-state index in [0.29, 0.717) is 37.4 Å². The SMILES string of the molecule is COC(=O)N1C(C)CN(c2nc(NCc3nc4ccc(C)cc4[nH]3)n3ncc(C4CC4)c3n2)CC1C. The first kappa shape index (κ1) is 22.6. The molecule has 11 heteroatoms. The maximum Gasteiger partial charge on any atom is 0.410 e. The molecule has 2 N–H and O–H groups in total. The van der Waals surface area contributed by atoms with E-state index in [0.717, 1.165) is 40.9 Å². The molecule has 0 spiro atoms. The Morgan fingerprint density at radius 3 is 2.67 bits per heavy atom. The number of imidazole rings is 1. The van der Waals surface area contributed by atoms with Crippen molar-refractivity contribution >= 4 is 34.7 Å². The van der Waals surface area contributed by atoms with Crippen molar-refractivity contribution in [2.75, 3.05) is 30.4 Å². The number of hydrogen-bond acceptors (Lipinski definition) is 8. The van der Waals surface area contributed by atoms with Gasteiger partial charge in [-0.3, -0.25) is 4.90 Å². The zero-order chi connectivity index (χ0) is 25.0. The van der Waals surface area contributed by atoms with Gasteiger partial charge in [-0.15, -0.1) is 0 Å². The number of carbonyl (C=O) groups is 1. The minimum absolute atomic E-state index is 0.0377. The Bertz CT molecular complexity index is 1430. The van der Waals surface area contributed by atoms with Gasteiger partial charge in [-0.1, -0.05) is 6.07 Å². The molecule has 188 valence electrons. The van der Waals surface area contributed by atoms with Gasteiger partial charge in [0, 0.05) is 18.7 Å². The Balaban J connectivity index is 1.32. The van der Waals surface area contributed by atoms with E-state index in [2.05, 4.69) is 39.4 Å². The lowest BCUT2D eigenvalue weighted by molar-refractivity contribution is 0.0817. The number of amides is 1. The molecule has 1 saturated heterocycles. The van der Waals surface area contributed by atoms with Gasteiger partial charge in [0.1, 0.15) is 5.82 Å². The van der Waals surface area contributed by atoms with E-state index in [1.807, 2.05) is 26.1 Å². The monoisotopic (exact) mass is 489 g/mol. The van der Waals surface area contributed by atoms with Crippen LogP contribution < -0.4 is 10.2 Å². The summed E-state index contributed by atoms with van der Waals surface area (Å²) in [5.74, 6) is 2.59. The van der Waals surface area contributed by atoms with Crippen LogP contribution in [0.15, 0.2) is 24.4 Å². The van der Waals surface area contributed by atoms with Crippen LogP contribution >= 0.6 is 0 Å². The Morgan fingerprint density at radius 1 is 1.17 bits per heavy atom. The van der Waals surface area contributed by atoms with Crippen molar-refractivity contribution in [2.45, 2.75) is 58.2 Å². The van der Waals surface area contributed by atoms with Gasteiger partial charge < -0.3 is 19.9 Å². The Kier molecular flexibility index (Phi) is 5.42. The lowest BCUT2D eigenvalue weighted by atomic mass is 10.1. The third-order valence-electron chi connectivity index (χ3n) is 7.09. The van der Waals surface area contributed by atoms with E-state index in [1.165, 1.54) is 12.7 Å². The maximum absolute atomic E-state index is 12.3. The molecule has 0 bridgehead atoms. The summed E-state index contributed by atoms with van der Waals surface area (Å²) >= 11 is 0. The number of nitrogens with zero attached hydrogens (tertiary/aromatic N) is 7. The highest BCUT2D eigenvalue weighted by atomic mass is 16.5. The van der Waals surface area contributed by atoms with Crippen LogP contribution in [0.5, 0.6) is 0 Å². The molecule has 2 unspecified atom stereocenters. The average molecular weight is 490 g/mol. The molecule has 1 aromatic carbocycles. The van der Waals surface area contributed by atoms with Crippen LogP contribution in [0, 0.1) is 6.92 Å². The number of rotatable bonds is 5. The van der Waals surface area contributed by atoms with Gasteiger partial charge in [-0.05, 0) is 57.2 Å². The number of benzene rings is 1. The van der Waals surface area contributed by atoms with Crippen molar-refractivity contribution in [2.24, 2.45) is 0 Å². The number of nitrogens with one attached hydrogen (secondary N) is 2. The Morgan fingerprint density at radius 2 is 1.94 bits per heavy atom. The molecule has 6 rings (SSSR count). The molecule has 2 fully saturated rings. The number of aryl methyl sites for hydroxylation is 1. The van der Waals surface area contributed by atoms with E-state index in [4.69, 9.17) is 19.7 Å². The normalized spacial score (nSPS) is 20.3. The zero-order valence-electron chi connectivity index (χ0n) is 21.0. The van der Waals surface area contributed by atoms with Crippen molar-refractivity contribution < 1.29 is 9.53 Å². The standard InChI is InChI=1S/C25H31N9O2/c1-14-5-8-19-20(9-14)29-21(28-19)11-26-23-31-24(30-22-18(17-6-7-17)10-27-34(22)23)32-12-15(2)33(16(3)13-32)25(35)36-4/h5,8-10,15-17H,6-7,11-13H2,1-4H3,(H,28,29)(H,26,30,31). The highest BCUT2D eigenvalue weighted by Crippen LogP contribution is 2.42. The fourth-order valence-corrected chi connectivity index (χ4v) is 5.20. The number of aromatic amines is 1. The average Bonchev–Trinajstić information content (AvgIpc) is 3.48. The van der Waals surface area contributed by atoms with Crippen molar-refractivity contribution in [3.8, 4) is 0 Å². The van der Waals surface area contributed by atoms with E-state index >= 15 is 0 Å². The smallest absolute Gasteiger partial charge is 0.410 e. The van der Waals surface area contributed by atoms with E-state index < -0.39 is 0 Å². The van der Waals surface area contributed by atoms with Gasteiger partial charge in [0.2, 0.25) is 11.9 Å². The topological polar surface area (TPSA) is 117 Å². The molecule has 4 heterocycles. The molecule has 2 aliphatic rings. The van der Waals surface area contributed by atoms with Gasteiger partial charge in [-0.2, -0.15) is 19.6 Å². The van der Waals surface area contributed by atoms with Gasteiger partial charge in [-0.25, -0.2) is 9.78 Å². The minimum atomic E-state index is -0.304. The zero-order valence-corrected chi connectivity index (χ0v) is 21.0. The van der Waals surface area contributed by atoms with Gasteiger partial charge in [0.15, 0.2) is 5.65 Å². The summed E-state index contributed by atoms with van der Waals surface area (Å²) in [6.07, 6.45) is 3.93. The van der Waals surface area contributed by atoms with E-state index in [9.17, 15) is 4.79 Å². The lowest BCUT2D eigenvalue weighted by Gasteiger charge is -2.43. The largest absolute Gasteiger partial charge is 0.453 e. The lowest BCUT2D eigenvalue weighted by Crippen LogP contribution is -2.59. The second kappa shape index (κ2) is 8.65. The molecule has 3 aromatic heterocycles. The summed E-state index contributed by atoms with van der Waals surface area (Å²) < 4.78 is 6.79. The summed E-state index contributed by atoms with van der Waals surface area (Å²) in [4.78, 5) is 34.2. The quantitative estimate of drug-likeness (QED) is 0.438. The predicted molar refractivity (Wildman–Crippen MR) is 136 cm³/mol.